The summed E-state index contributed by atoms with van der Waals surface area (Å²) in [6.07, 6.45) is 0. The minimum absolute atomic E-state index is 0.0466. The average molecular weight is 239 g/mol. The first kappa shape index (κ1) is 13.1. The van der Waals surface area contributed by atoms with Gasteiger partial charge in [-0.05, 0) is 18.6 Å². The van der Waals surface area contributed by atoms with E-state index in [1.165, 1.54) is 5.56 Å². The standard InChI is InChI=1S/C12H17NO2S/c1-10-5-3-4-6-11(10)16-9-12(14)13-7-8-15-2/h3-6H,7-9H2,1-2H3,(H,13,14). The van der Waals surface area contributed by atoms with Crippen LogP contribution in [-0.4, -0.2) is 31.9 Å². The molecule has 4 heteroatoms. The van der Waals surface area contributed by atoms with Gasteiger partial charge in [0.1, 0.15) is 0 Å². The minimum Gasteiger partial charge on any atom is -0.383 e. The van der Waals surface area contributed by atoms with Gasteiger partial charge in [-0.25, -0.2) is 0 Å². The average Bonchev–Trinajstić information content (AvgIpc) is 2.28. The summed E-state index contributed by atoms with van der Waals surface area (Å²) in [4.78, 5) is 12.6. The molecule has 3 nitrogen and oxygen atoms in total. The van der Waals surface area contributed by atoms with Crippen molar-refractivity contribution in [3.8, 4) is 0 Å². The third kappa shape index (κ3) is 4.68. The maximum absolute atomic E-state index is 11.4. The van der Waals surface area contributed by atoms with E-state index in [-0.39, 0.29) is 5.91 Å². The summed E-state index contributed by atoms with van der Waals surface area (Å²) in [7, 11) is 1.62. The highest BCUT2D eigenvalue weighted by atomic mass is 32.2. The van der Waals surface area contributed by atoms with E-state index in [9.17, 15) is 4.79 Å². The maximum Gasteiger partial charge on any atom is 0.230 e. The van der Waals surface area contributed by atoms with Crippen LogP contribution in [0.3, 0.4) is 0 Å². The first-order chi connectivity index (χ1) is 7.74. The van der Waals surface area contributed by atoms with Gasteiger partial charge in [0.15, 0.2) is 0 Å². The van der Waals surface area contributed by atoms with Crippen LogP contribution in [-0.2, 0) is 9.53 Å². The lowest BCUT2D eigenvalue weighted by atomic mass is 10.2. The molecule has 0 radical (unpaired) electrons. The molecule has 1 rings (SSSR count). The lowest BCUT2D eigenvalue weighted by Crippen LogP contribution is -2.28. The first-order valence-electron chi connectivity index (χ1n) is 5.18. The molecule has 0 aliphatic heterocycles. The molecule has 0 spiro atoms. The highest BCUT2D eigenvalue weighted by Gasteiger charge is 2.03. The number of hydrogen-bond donors (Lipinski definition) is 1. The molecule has 0 aromatic heterocycles. The number of hydrogen-bond acceptors (Lipinski definition) is 3. The number of ether oxygens (including phenoxy) is 1. The highest BCUT2D eigenvalue weighted by Crippen LogP contribution is 2.21. The molecule has 0 aliphatic carbocycles. The Bertz CT molecular complexity index is 342. The van der Waals surface area contributed by atoms with Crippen LogP contribution < -0.4 is 5.32 Å². The van der Waals surface area contributed by atoms with Crippen molar-refractivity contribution in [1.29, 1.82) is 0 Å². The molecule has 0 aliphatic rings. The van der Waals surface area contributed by atoms with Crippen molar-refractivity contribution in [3.63, 3.8) is 0 Å². The van der Waals surface area contributed by atoms with Crippen molar-refractivity contribution in [3.05, 3.63) is 29.8 Å². The smallest absolute Gasteiger partial charge is 0.230 e. The van der Waals surface area contributed by atoms with Crippen LogP contribution in [0, 0.1) is 6.92 Å². The Labute approximate surface area is 101 Å². The molecule has 0 heterocycles. The third-order valence-electron chi connectivity index (χ3n) is 2.08. The first-order valence-corrected chi connectivity index (χ1v) is 6.16. The van der Waals surface area contributed by atoms with Gasteiger partial charge in [-0.1, -0.05) is 18.2 Å². The molecule has 0 atom stereocenters. The van der Waals surface area contributed by atoms with Crippen LogP contribution in [0.15, 0.2) is 29.2 Å². The predicted octanol–water partition coefficient (Wildman–Crippen LogP) is 1.85. The zero-order valence-electron chi connectivity index (χ0n) is 9.66. The zero-order chi connectivity index (χ0) is 11.8. The monoisotopic (exact) mass is 239 g/mol. The van der Waals surface area contributed by atoms with E-state index in [1.54, 1.807) is 18.9 Å². The summed E-state index contributed by atoms with van der Waals surface area (Å²) in [6, 6.07) is 8.06. The predicted molar refractivity (Wildman–Crippen MR) is 66.8 cm³/mol. The highest BCUT2D eigenvalue weighted by molar-refractivity contribution is 8.00. The number of amides is 1. The van der Waals surface area contributed by atoms with E-state index in [0.717, 1.165) is 4.90 Å². The third-order valence-corrected chi connectivity index (χ3v) is 3.26. The second kappa shape index (κ2) is 7.30. The summed E-state index contributed by atoms with van der Waals surface area (Å²) >= 11 is 1.56. The van der Waals surface area contributed by atoms with Crippen molar-refractivity contribution in [2.75, 3.05) is 26.0 Å². The van der Waals surface area contributed by atoms with Gasteiger partial charge in [-0.2, -0.15) is 0 Å². The molecule has 0 saturated carbocycles. The van der Waals surface area contributed by atoms with Gasteiger partial charge in [-0.15, -0.1) is 11.8 Å². The quantitative estimate of drug-likeness (QED) is 0.608. The van der Waals surface area contributed by atoms with Crippen LogP contribution in [0.25, 0.3) is 0 Å². The van der Waals surface area contributed by atoms with Crippen LogP contribution in [0.5, 0.6) is 0 Å². The van der Waals surface area contributed by atoms with Gasteiger partial charge in [0.05, 0.1) is 12.4 Å². The normalized spacial score (nSPS) is 10.1. The molecule has 0 unspecified atom stereocenters. The summed E-state index contributed by atoms with van der Waals surface area (Å²) in [5, 5.41) is 2.79. The number of nitrogens with one attached hydrogen (secondary N) is 1. The Morgan fingerprint density at radius 1 is 1.44 bits per heavy atom. The van der Waals surface area contributed by atoms with Gasteiger partial charge in [0, 0.05) is 18.6 Å². The minimum atomic E-state index is 0.0466. The molecule has 1 N–H and O–H groups in total. The van der Waals surface area contributed by atoms with Gasteiger partial charge >= 0.3 is 0 Å². The van der Waals surface area contributed by atoms with Gasteiger partial charge in [-0.3, -0.25) is 4.79 Å². The molecule has 1 aromatic carbocycles. The van der Waals surface area contributed by atoms with E-state index in [2.05, 4.69) is 5.32 Å². The molecule has 0 bridgehead atoms. The topological polar surface area (TPSA) is 38.3 Å². The lowest BCUT2D eigenvalue weighted by Gasteiger charge is -2.06. The fraction of sp³-hybridized carbons (Fsp3) is 0.417. The van der Waals surface area contributed by atoms with E-state index >= 15 is 0 Å². The Balaban J connectivity index is 2.29. The second-order valence-corrected chi connectivity index (χ2v) is 4.41. The summed E-state index contributed by atoms with van der Waals surface area (Å²) in [5.41, 5.74) is 1.21. The number of carbonyl (C=O) groups excluding carboxylic acids is 1. The van der Waals surface area contributed by atoms with Crippen LogP contribution >= 0.6 is 11.8 Å². The second-order valence-electron chi connectivity index (χ2n) is 3.40. The molecule has 1 amide bonds. The summed E-state index contributed by atoms with van der Waals surface area (Å²) < 4.78 is 4.85. The fourth-order valence-corrected chi connectivity index (χ4v) is 2.06. The molecule has 16 heavy (non-hydrogen) atoms. The van der Waals surface area contributed by atoms with Gasteiger partial charge < -0.3 is 10.1 Å². The van der Waals surface area contributed by atoms with Crippen LogP contribution in [0.4, 0.5) is 0 Å². The number of aryl methyl sites for hydroxylation is 1. The van der Waals surface area contributed by atoms with E-state index in [4.69, 9.17) is 4.74 Å². The number of thioether (sulfide) groups is 1. The SMILES string of the molecule is COCCNC(=O)CSc1ccccc1C. The molecule has 0 saturated heterocycles. The molecular formula is C12H17NO2S. The molecule has 0 fully saturated rings. The summed E-state index contributed by atoms with van der Waals surface area (Å²) in [5.74, 6) is 0.500. The van der Waals surface area contributed by atoms with Crippen molar-refractivity contribution >= 4 is 17.7 Å². The van der Waals surface area contributed by atoms with E-state index in [0.29, 0.717) is 18.9 Å². The van der Waals surface area contributed by atoms with Crippen LogP contribution in [0.1, 0.15) is 5.56 Å². The number of rotatable bonds is 6. The number of carbonyl (C=O) groups is 1. The molecule has 1 aromatic rings. The lowest BCUT2D eigenvalue weighted by molar-refractivity contribution is -0.118. The van der Waals surface area contributed by atoms with Crippen molar-refractivity contribution in [2.24, 2.45) is 0 Å². The van der Waals surface area contributed by atoms with Gasteiger partial charge in [0.2, 0.25) is 5.91 Å². The Hall–Kier alpha value is -1.00. The largest absolute Gasteiger partial charge is 0.383 e. The van der Waals surface area contributed by atoms with E-state index in [1.807, 2.05) is 31.2 Å². The number of methoxy groups -OCH3 is 1. The maximum atomic E-state index is 11.4. The zero-order valence-corrected chi connectivity index (χ0v) is 10.5. The van der Waals surface area contributed by atoms with Crippen molar-refractivity contribution in [1.82, 2.24) is 5.32 Å². The molecule has 88 valence electrons. The Morgan fingerprint density at radius 2 is 2.19 bits per heavy atom. The van der Waals surface area contributed by atoms with E-state index < -0.39 is 0 Å². The van der Waals surface area contributed by atoms with Crippen LogP contribution in [0.2, 0.25) is 0 Å². The number of benzene rings is 1. The van der Waals surface area contributed by atoms with Crippen molar-refractivity contribution < 1.29 is 9.53 Å². The van der Waals surface area contributed by atoms with Crippen molar-refractivity contribution in [2.45, 2.75) is 11.8 Å². The Kier molecular flexibility index (Phi) is 5.96. The summed E-state index contributed by atoms with van der Waals surface area (Å²) in [6.45, 7) is 3.18. The molecular weight excluding hydrogens is 222 g/mol. The van der Waals surface area contributed by atoms with Gasteiger partial charge in [0.25, 0.3) is 0 Å². The Morgan fingerprint density at radius 3 is 2.88 bits per heavy atom. The fourth-order valence-electron chi connectivity index (χ4n) is 1.21.